The van der Waals surface area contributed by atoms with E-state index < -0.39 is 5.72 Å². The van der Waals surface area contributed by atoms with Gasteiger partial charge in [-0.25, -0.2) is 0 Å². The predicted octanol–water partition coefficient (Wildman–Crippen LogP) is 2.85. The lowest BCUT2D eigenvalue weighted by molar-refractivity contribution is -0.0847. The summed E-state index contributed by atoms with van der Waals surface area (Å²) in [6.07, 6.45) is 0. The summed E-state index contributed by atoms with van der Waals surface area (Å²) in [6, 6.07) is 10.1. The summed E-state index contributed by atoms with van der Waals surface area (Å²) >= 11 is 0. The first-order valence-corrected chi connectivity index (χ1v) is 9.21. The van der Waals surface area contributed by atoms with Crippen LogP contribution in [0.25, 0.3) is 11.1 Å². The summed E-state index contributed by atoms with van der Waals surface area (Å²) in [4.78, 5) is 2.36. The van der Waals surface area contributed by atoms with Crippen molar-refractivity contribution in [3.05, 3.63) is 35.9 Å². The Morgan fingerprint density at radius 1 is 1.00 bits per heavy atom. The molecule has 2 heterocycles. The van der Waals surface area contributed by atoms with E-state index in [2.05, 4.69) is 23.2 Å². The van der Waals surface area contributed by atoms with Gasteiger partial charge in [-0.15, -0.1) is 0 Å². The Morgan fingerprint density at radius 2 is 1.70 bits per heavy atom. The van der Waals surface area contributed by atoms with Crippen LogP contribution in [0.2, 0.25) is 0 Å². The predicted molar refractivity (Wildman–Crippen MR) is 104 cm³/mol. The van der Waals surface area contributed by atoms with Crippen molar-refractivity contribution in [3.63, 3.8) is 0 Å². The average Bonchev–Trinajstić information content (AvgIpc) is 2.72. The molecule has 6 nitrogen and oxygen atoms in total. The maximum atomic E-state index is 6.60. The lowest BCUT2D eigenvalue weighted by Gasteiger charge is -2.47. The SMILES string of the molecule is COc1cc2c(c(OC)c1OC)-c1ccccc1OC2(C)N1CCNCC1. The van der Waals surface area contributed by atoms with Gasteiger partial charge in [-0.1, -0.05) is 18.2 Å². The molecule has 1 N–H and O–H groups in total. The molecule has 1 atom stereocenters. The van der Waals surface area contributed by atoms with Crippen molar-refractivity contribution >= 4 is 0 Å². The summed E-state index contributed by atoms with van der Waals surface area (Å²) in [6.45, 7) is 5.78. The fourth-order valence-electron chi connectivity index (χ4n) is 4.15. The summed E-state index contributed by atoms with van der Waals surface area (Å²) < 4.78 is 23.7. The molecule has 1 saturated heterocycles. The van der Waals surface area contributed by atoms with Crippen molar-refractivity contribution in [2.45, 2.75) is 12.6 Å². The maximum Gasteiger partial charge on any atom is 0.203 e. The van der Waals surface area contributed by atoms with Crippen LogP contribution in [-0.2, 0) is 5.72 Å². The highest BCUT2D eigenvalue weighted by atomic mass is 16.5. The Morgan fingerprint density at radius 3 is 2.37 bits per heavy atom. The van der Waals surface area contributed by atoms with Crippen LogP contribution >= 0.6 is 0 Å². The maximum absolute atomic E-state index is 6.60. The molecule has 0 aromatic heterocycles. The van der Waals surface area contributed by atoms with Gasteiger partial charge in [-0.2, -0.15) is 0 Å². The van der Waals surface area contributed by atoms with Gasteiger partial charge >= 0.3 is 0 Å². The number of methoxy groups -OCH3 is 3. The van der Waals surface area contributed by atoms with Crippen molar-refractivity contribution in [2.24, 2.45) is 0 Å². The first-order chi connectivity index (χ1) is 13.1. The monoisotopic (exact) mass is 370 g/mol. The highest BCUT2D eigenvalue weighted by Gasteiger charge is 2.44. The molecule has 2 aromatic carbocycles. The zero-order chi connectivity index (χ0) is 19.0. The van der Waals surface area contributed by atoms with Crippen LogP contribution in [0.5, 0.6) is 23.0 Å². The van der Waals surface area contributed by atoms with Crippen LogP contribution in [0.4, 0.5) is 0 Å². The van der Waals surface area contributed by atoms with E-state index >= 15 is 0 Å². The van der Waals surface area contributed by atoms with Crippen LogP contribution in [0.1, 0.15) is 12.5 Å². The molecule has 27 heavy (non-hydrogen) atoms. The highest BCUT2D eigenvalue weighted by Crippen LogP contribution is 2.55. The standard InChI is InChI=1S/C21H26N2O4/c1-21(23-11-9-22-10-12-23)15-13-17(24-2)19(25-3)20(26-4)18(15)14-7-5-6-8-16(14)27-21/h5-8,13,22H,9-12H2,1-4H3. The molecule has 6 heteroatoms. The van der Waals surface area contributed by atoms with Crippen LogP contribution in [-0.4, -0.2) is 52.4 Å². The Bertz CT molecular complexity index is 848. The fourth-order valence-corrected chi connectivity index (χ4v) is 4.15. The van der Waals surface area contributed by atoms with Gasteiger partial charge < -0.3 is 24.3 Å². The Balaban J connectivity index is 2.02. The number of ether oxygens (including phenoxy) is 4. The molecule has 0 radical (unpaired) electrons. The zero-order valence-corrected chi connectivity index (χ0v) is 16.3. The summed E-state index contributed by atoms with van der Waals surface area (Å²) in [5.41, 5.74) is 2.40. The van der Waals surface area contributed by atoms with E-state index in [1.54, 1.807) is 21.3 Å². The van der Waals surface area contributed by atoms with E-state index in [0.29, 0.717) is 17.2 Å². The van der Waals surface area contributed by atoms with Gasteiger partial charge in [0.05, 0.1) is 21.3 Å². The molecular formula is C21H26N2O4. The van der Waals surface area contributed by atoms with E-state index in [-0.39, 0.29) is 0 Å². The first kappa shape index (κ1) is 17.9. The van der Waals surface area contributed by atoms with Crippen LogP contribution in [0.3, 0.4) is 0 Å². The molecule has 4 rings (SSSR count). The number of nitrogens with zero attached hydrogens (tertiary/aromatic N) is 1. The second kappa shape index (κ2) is 6.94. The quantitative estimate of drug-likeness (QED) is 0.893. The van der Waals surface area contributed by atoms with E-state index in [1.165, 1.54) is 0 Å². The number of nitrogens with one attached hydrogen (secondary N) is 1. The fraction of sp³-hybridized carbons (Fsp3) is 0.429. The molecule has 1 unspecified atom stereocenters. The number of benzene rings is 2. The van der Waals surface area contributed by atoms with Crippen LogP contribution < -0.4 is 24.3 Å². The Hall–Kier alpha value is -2.44. The minimum Gasteiger partial charge on any atom is -0.493 e. The number of fused-ring (bicyclic) bond motifs is 3. The Kier molecular flexibility index (Phi) is 4.61. The lowest BCUT2D eigenvalue weighted by atomic mass is 9.87. The number of rotatable bonds is 4. The first-order valence-electron chi connectivity index (χ1n) is 9.21. The summed E-state index contributed by atoms with van der Waals surface area (Å²) in [5, 5.41) is 3.41. The van der Waals surface area contributed by atoms with Gasteiger partial charge in [0, 0.05) is 42.9 Å². The third-order valence-electron chi connectivity index (χ3n) is 5.52. The Labute approximate surface area is 160 Å². The molecule has 2 aliphatic heterocycles. The molecule has 0 bridgehead atoms. The van der Waals surface area contributed by atoms with E-state index in [0.717, 1.165) is 48.6 Å². The minimum atomic E-state index is -0.626. The topological polar surface area (TPSA) is 52.2 Å². The smallest absolute Gasteiger partial charge is 0.203 e. The number of para-hydroxylation sites is 1. The normalized spacial score (nSPS) is 21.6. The molecule has 0 aliphatic carbocycles. The molecule has 0 amide bonds. The van der Waals surface area contributed by atoms with Crippen molar-refractivity contribution in [1.82, 2.24) is 10.2 Å². The average molecular weight is 370 g/mol. The van der Waals surface area contributed by atoms with Gasteiger partial charge in [0.15, 0.2) is 17.2 Å². The molecule has 2 aromatic rings. The van der Waals surface area contributed by atoms with Crippen molar-refractivity contribution in [3.8, 4) is 34.1 Å². The van der Waals surface area contributed by atoms with Gasteiger partial charge in [-0.3, -0.25) is 4.90 Å². The number of hydrogen-bond donors (Lipinski definition) is 1. The summed E-state index contributed by atoms with van der Waals surface area (Å²) in [5.74, 6) is 2.75. The minimum absolute atomic E-state index is 0.595. The van der Waals surface area contributed by atoms with Gasteiger partial charge in [0.1, 0.15) is 5.75 Å². The zero-order valence-electron chi connectivity index (χ0n) is 16.3. The van der Waals surface area contributed by atoms with E-state index in [4.69, 9.17) is 18.9 Å². The van der Waals surface area contributed by atoms with Crippen molar-refractivity contribution in [2.75, 3.05) is 47.5 Å². The van der Waals surface area contributed by atoms with Crippen LogP contribution in [0, 0.1) is 0 Å². The molecular weight excluding hydrogens is 344 g/mol. The van der Waals surface area contributed by atoms with E-state index in [9.17, 15) is 0 Å². The number of hydrogen-bond acceptors (Lipinski definition) is 6. The molecule has 1 fully saturated rings. The third kappa shape index (κ3) is 2.71. The van der Waals surface area contributed by atoms with Gasteiger partial charge in [-0.05, 0) is 19.1 Å². The highest BCUT2D eigenvalue weighted by molar-refractivity contribution is 5.85. The van der Waals surface area contributed by atoms with Crippen LogP contribution in [0.15, 0.2) is 30.3 Å². The second-order valence-electron chi connectivity index (χ2n) is 6.89. The lowest BCUT2D eigenvalue weighted by Crippen LogP contribution is -2.56. The van der Waals surface area contributed by atoms with Crippen molar-refractivity contribution < 1.29 is 18.9 Å². The third-order valence-corrected chi connectivity index (χ3v) is 5.52. The molecule has 2 aliphatic rings. The second-order valence-corrected chi connectivity index (χ2v) is 6.89. The largest absolute Gasteiger partial charge is 0.493 e. The summed E-state index contributed by atoms with van der Waals surface area (Å²) in [7, 11) is 4.94. The van der Waals surface area contributed by atoms with Gasteiger partial charge in [0.2, 0.25) is 5.75 Å². The molecule has 0 saturated carbocycles. The molecule has 144 valence electrons. The molecule has 0 spiro atoms. The number of piperazine rings is 1. The van der Waals surface area contributed by atoms with Crippen molar-refractivity contribution in [1.29, 1.82) is 0 Å². The van der Waals surface area contributed by atoms with Gasteiger partial charge in [0.25, 0.3) is 0 Å². The van der Waals surface area contributed by atoms with E-state index in [1.807, 2.05) is 24.3 Å².